The Morgan fingerprint density at radius 2 is 1.97 bits per heavy atom. The third-order valence-corrected chi connectivity index (χ3v) is 5.37. The Hall–Kier alpha value is -3.84. The smallest absolute Gasteiger partial charge is 0.148 e. The first-order chi connectivity index (χ1) is 15.6. The van der Waals surface area contributed by atoms with Crippen LogP contribution in [-0.4, -0.2) is 53.5 Å². The van der Waals surface area contributed by atoms with Crippen molar-refractivity contribution in [2.45, 2.75) is 24.9 Å². The summed E-state index contributed by atoms with van der Waals surface area (Å²) < 4.78 is 7.56. The van der Waals surface area contributed by atoms with Gasteiger partial charge in [0.2, 0.25) is 0 Å². The third kappa shape index (κ3) is 3.67. The van der Waals surface area contributed by atoms with Crippen molar-refractivity contribution in [1.29, 1.82) is 0 Å². The molecule has 9 heteroatoms. The van der Waals surface area contributed by atoms with E-state index in [1.165, 1.54) is 6.33 Å². The quantitative estimate of drug-likeness (QED) is 0.418. The van der Waals surface area contributed by atoms with Gasteiger partial charge in [-0.1, -0.05) is 17.9 Å². The van der Waals surface area contributed by atoms with Gasteiger partial charge in [0.25, 0.3) is 0 Å². The molecule has 0 saturated carbocycles. The van der Waals surface area contributed by atoms with Gasteiger partial charge in [-0.2, -0.15) is 0 Å². The van der Waals surface area contributed by atoms with E-state index >= 15 is 0 Å². The van der Waals surface area contributed by atoms with E-state index in [9.17, 15) is 10.2 Å². The Kier molecular flexibility index (Phi) is 5.25. The lowest BCUT2D eigenvalue weighted by molar-refractivity contribution is -0.0430. The number of aromatic nitrogens is 5. The molecule has 0 aromatic carbocycles. The van der Waals surface area contributed by atoms with Gasteiger partial charge in [0.05, 0.1) is 35.0 Å². The average molecular weight is 428 g/mol. The molecule has 4 aromatic rings. The van der Waals surface area contributed by atoms with Crippen LogP contribution in [0.5, 0.6) is 0 Å². The summed E-state index contributed by atoms with van der Waals surface area (Å²) in [6.07, 6.45) is 5.01. The molecule has 160 valence electrons. The summed E-state index contributed by atoms with van der Waals surface area (Å²) in [7, 11) is 0. The summed E-state index contributed by atoms with van der Waals surface area (Å²) in [6.45, 7) is -0.262. The first-order valence-electron chi connectivity index (χ1n) is 10.1. The molecule has 0 bridgehead atoms. The molecule has 5 heterocycles. The molecule has 9 nitrogen and oxygen atoms in total. The van der Waals surface area contributed by atoms with E-state index < -0.39 is 18.4 Å². The van der Waals surface area contributed by atoms with Crippen LogP contribution in [0.25, 0.3) is 22.4 Å². The summed E-state index contributed by atoms with van der Waals surface area (Å²) >= 11 is 0. The van der Waals surface area contributed by atoms with Gasteiger partial charge < -0.3 is 25.3 Å². The Labute approximate surface area is 183 Å². The number of fused-ring (bicyclic) bond motifs is 1. The molecule has 0 radical (unpaired) electrons. The van der Waals surface area contributed by atoms with Crippen LogP contribution in [0.4, 0.5) is 5.82 Å². The Balaban J connectivity index is 1.49. The Bertz CT molecular complexity index is 1310. The van der Waals surface area contributed by atoms with Crippen molar-refractivity contribution in [2.24, 2.45) is 0 Å². The number of nitrogens with two attached hydrogens (primary N) is 1. The SMILES string of the molecule is Nc1ncnc2c1c(C#Cc1ccc(-c3ccccn3)nc1)cn2[C@H]1C[C@H](O)[C@@H](CO)O1. The Morgan fingerprint density at radius 1 is 1.09 bits per heavy atom. The second kappa shape index (κ2) is 8.36. The van der Waals surface area contributed by atoms with E-state index in [2.05, 4.69) is 31.8 Å². The lowest BCUT2D eigenvalue weighted by atomic mass is 10.2. The lowest BCUT2D eigenvalue weighted by Crippen LogP contribution is -2.24. The molecule has 1 aliphatic heterocycles. The van der Waals surface area contributed by atoms with Crippen molar-refractivity contribution in [3.8, 4) is 23.2 Å². The van der Waals surface area contributed by atoms with Crippen molar-refractivity contribution in [1.82, 2.24) is 24.5 Å². The molecule has 1 fully saturated rings. The lowest BCUT2D eigenvalue weighted by Gasteiger charge is -2.14. The topological polar surface area (TPSA) is 132 Å². The highest BCUT2D eigenvalue weighted by atomic mass is 16.5. The number of ether oxygens (including phenoxy) is 1. The molecule has 5 rings (SSSR count). The standard InChI is InChI=1S/C23H20N6O3/c24-22-21-15(6-4-14-5-7-17(26-10-14)16-3-1-2-8-25-16)11-29(23(21)28-13-27-22)20-9-18(31)19(12-30)32-20/h1-3,5,7-8,10-11,13,18-20,30-31H,9,12H2,(H2,24,27,28)/t18-,19+,20+/m0/s1. The highest BCUT2D eigenvalue weighted by Crippen LogP contribution is 2.33. The van der Waals surface area contributed by atoms with Crippen molar-refractivity contribution in [2.75, 3.05) is 12.3 Å². The van der Waals surface area contributed by atoms with Crippen LogP contribution in [0.1, 0.15) is 23.8 Å². The minimum atomic E-state index is -0.764. The predicted octanol–water partition coefficient (Wildman–Crippen LogP) is 1.51. The average Bonchev–Trinajstić information content (AvgIpc) is 3.39. The van der Waals surface area contributed by atoms with E-state index in [0.717, 1.165) is 17.0 Å². The first kappa shape index (κ1) is 20.1. The van der Waals surface area contributed by atoms with Crippen LogP contribution in [0, 0.1) is 11.8 Å². The van der Waals surface area contributed by atoms with Gasteiger partial charge in [-0.05, 0) is 24.3 Å². The normalized spacial score (nSPS) is 20.2. The minimum Gasteiger partial charge on any atom is -0.394 e. The molecule has 1 aliphatic rings. The number of nitrogens with zero attached hydrogens (tertiary/aromatic N) is 5. The number of aliphatic hydroxyl groups excluding tert-OH is 2. The molecule has 1 saturated heterocycles. The highest BCUT2D eigenvalue weighted by molar-refractivity contribution is 5.92. The van der Waals surface area contributed by atoms with Gasteiger partial charge in [0.1, 0.15) is 30.1 Å². The number of aliphatic hydroxyl groups is 2. The molecule has 0 amide bonds. The van der Waals surface area contributed by atoms with E-state index in [0.29, 0.717) is 28.8 Å². The van der Waals surface area contributed by atoms with E-state index in [1.54, 1.807) is 23.2 Å². The molecule has 0 unspecified atom stereocenters. The van der Waals surface area contributed by atoms with Crippen LogP contribution in [0.15, 0.2) is 55.2 Å². The largest absolute Gasteiger partial charge is 0.394 e. The number of pyridine rings is 2. The van der Waals surface area contributed by atoms with Gasteiger partial charge in [0, 0.05) is 30.6 Å². The molecule has 0 aliphatic carbocycles. The van der Waals surface area contributed by atoms with Crippen molar-refractivity contribution in [3.63, 3.8) is 0 Å². The zero-order valence-electron chi connectivity index (χ0n) is 17.0. The molecular formula is C23H20N6O3. The van der Waals surface area contributed by atoms with Gasteiger partial charge in [-0.15, -0.1) is 0 Å². The maximum Gasteiger partial charge on any atom is 0.148 e. The number of hydrogen-bond donors (Lipinski definition) is 3. The molecule has 4 aromatic heterocycles. The van der Waals surface area contributed by atoms with Crippen molar-refractivity contribution >= 4 is 16.9 Å². The summed E-state index contributed by atoms with van der Waals surface area (Å²) in [5, 5.41) is 20.1. The highest BCUT2D eigenvalue weighted by Gasteiger charge is 2.35. The van der Waals surface area contributed by atoms with Crippen LogP contribution < -0.4 is 5.73 Å². The number of anilines is 1. The predicted molar refractivity (Wildman–Crippen MR) is 117 cm³/mol. The molecule has 32 heavy (non-hydrogen) atoms. The molecule has 3 atom stereocenters. The van der Waals surface area contributed by atoms with Crippen LogP contribution in [0.2, 0.25) is 0 Å². The van der Waals surface area contributed by atoms with Crippen molar-refractivity contribution in [3.05, 3.63) is 66.4 Å². The van der Waals surface area contributed by atoms with Crippen LogP contribution in [-0.2, 0) is 4.74 Å². The summed E-state index contributed by atoms with van der Waals surface area (Å²) in [4.78, 5) is 17.2. The van der Waals surface area contributed by atoms with E-state index in [4.69, 9.17) is 10.5 Å². The maximum absolute atomic E-state index is 10.1. The third-order valence-electron chi connectivity index (χ3n) is 5.37. The first-order valence-corrected chi connectivity index (χ1v) is 10.1. The van der Waals surface area contributed by atoms with E-state index in [1.807, 2.05) is 30.3 Å². The van der Waals surface area contributed by atoms with Gasteiger partial charge in [-0.25, -0.2) is 9.97 Å². The van der Waals surface area contributed by atoms with Crippen LogP contribution in [0.3, 0.4) is 0 Å². The fourth-order valence-electron chi connectivity index (χ4n) is 3.75. The summed E-state index contributed by atoms with van der Waals surface area (Å²) in [6, 6.07) is 9.42. The number of nitrogen functional groups attached to an aromatic ring is 1. The van der Waals surface area contributed by atoms with E-state index in [-0.39, 0.29) is 6.61 Å². The Morgan fingerprint density at radius 3 is 2.69 bits per heavy atom. The van der Waals surface area contributed by atoms with Crippen molar-refractivity contribution < 1.29 is 14.9 Å². The maximum atomic E-state index is 10.1. The summed E-state index contributed by atoms with van der Waals surface area (Å²) in [5.41, 5.74) is 9.60. The second-order valence-corrected chi connectivity index (χ2v) is 7.42. The number of rotatable bonds is 3. The summed E-state index contributed by atoms with van der Waals surface area (Å²) in [5.74, 6) is 6.54. The molecule has 0 spiro atoms. The minimum absolute atomic E-state index is 0.262. The molecule has 4 N–H and O–H groups in total. The monoisotopic (exact) mass is 428 g/mol. The zero-order valence-corrected chi connectivity index (χ0v) is 17.0. The zero-order chi connectivity index (χ0) is 22.1. The van der Waals surface area contributed by atoms with Crippen LogP contribution >= 0.6 is 0 Å². The molecular weight excluding hydrogens is 408 g/mol. The van der Waals surface area contributed by atoms with Gasteiger partial charge >= 0.3 is 0 Å². The second-order valence-electron chi connectivity index (χ2n) is 7.42. The van der Waals surface area contributed by atoms with Gasteiger partial charge in [-0.3, -0.25) is 9.97 Å². The number of hydrogen-bond acceptors (Lipinski definition) is 8. The van der Waals surface area contributed by atoms with Gasteiger partial charge in [0.15, 0.2) is 0 Å². The fourth-order valence-corrected chi connectivity index (χ4v) is 3.75. The fraction of sp³-hybridized carbons (Fsp3) is 0.217.